The molecule has 0 unspecified atom stereocenters. The summed E-state index contributed by atoms with van der Waals surface area (Å²) in [6.45, 7) is 5.58. The van der Waals surface area contributed by atoms with Gasteiger partial charge < -0.3 is 14.5 Å². The summed E-state index contributed by atoms with van der Waals surface area (Å²) in [4.78, 5) is 4.50. The average Bonchev–Trinajstić information content (AvgIpc) is 2.70. The summed E-state index contributed by atoms with van der Waals surface area (Å²) in [6, 6.07) is 3.75. The number of ether oxygens (including phenoxy) is 1. The van der Waals surface area contributed by atoms with E-state index in [4.69, 9.17) is 16.3 Å². The molecule has 0 saturated heterocycles. The first-order chi connectivity index (χ1) is 8.50. The monoisotopic (exact) mass is 267 g/mol. The van der Waals surface area contributed by atoms with Crippen molar-refractivity contribution in [3.8, 4) is 0 Å². The maximum atomic E-state index is 5.93. The van der Waals surface area contributed by atoms with Crippen LogP contribution in [0, 0.1) is 0 Å². The number of rotatable bonds is 5. The van der Waals surface area contributed by atoms with Gasteiger partial charge in [-0.15, -0.1) is 0 Å². The quantitative estimate of drug-likeness (QED) is 0.905. The molecule has 2 aromatic heterocycles. The molecule has 5 heteroatoms. The predicted molar refractivity (Wildman–Crippen MR) is 73.0 cm³/mol. The fourth-order valence-corrected chi connectivity index (χ4v) is 1.83. The fraction of sp³-hybridized carbons (Fsp3) is 0.462. The third-order valence-electron chi connectivity index (χ3n) is 2.87. The lowest BCUT2D eigenvalue weighted by Gasteiger charge is -2.22. The summed E-state index contributed by atoms with van der Waals surface area (Å²) in [5.41, 5.74) is 1.73. The number of hydrogen-bond donors (Lipinski definition) is 1. The highest BCUT2D eigenvalue weighted by Crippen LogP contribution is 2.12. The average molecular weight is 268 g/mol. The predicted octanol–water partition coefficient (Wildman–Crippen LogP) is 2.50. The molecule has 2 rings (SSSR count). The normalized spacial score (nSPS) is 12.2. The molecule has 0 spiro atoms. The lowest BCUT2D eigenvalue weighted by molar-refractivity contribution is 0.0230. The van der Waals surface area contributed by atoms with Crippen LogP contribution in [0.4, 0.5) is 0 Å². The maximum Gasteiger partial charge on any atom is 0.137 e. The van der Waals surface area contributed by atoms with E-state index in [0.29, 0.717) is 11.6 Å². The van der Waals surface area contributed by atoms with E-state index in [9.17, 15) is 0 Å². The van der Waals surface area contributed by atoms with E-state index in [0.717, 1.165) is 17.9 Å². The molecular formula is C13H18ClN3O. The number of fused-ring (bicyclic) bond motifs is 1. The van der Waals surface area contributed by atoms with Crippen LogP contribution in [-0.4, -0.2) is 28.6 Å². The largest absolute Gasteiger partial charge is 0.377 e. The summed E-state index contributed by atoms with van der Waals surface area (Å²) in [5, 5.41) is 4.04. The van der Waals surface area contributed by atoms with Gasteiger partial charge in [-0.2, -0.15) is 0 Å². The number of pyridine rings is 1. The first kappa shape index (κ1) is 13.3. The standard InChI is InChI=1S/C13H18ClN3O/c1-13(2,18-3)9-15-6-11-8-17-7-10(14)4-5-12(17)16-11/h4-5,7-8,15H,6,9H2,1-3H3. The van der Waals surface area contributed by atoms with E-state index in [-0.39, 0.29) is 5.60 Å². The van der Waals surface area contributed by atoms with Crippen LogP contribution < -0.4 is 5.32 Å². The first-order valence-corrected chi connectivity index (χ1v) is 6.27. The molecule has 0 fully saturated rings. The van der Waals surface area contributed by atoms with Crippen molar-refractivity contribution in [1.82, 2.24) is 14.7 Å². The number of methoxy groups -OCH3 is 1. The molecular weight excluding hydrogens is 250 g/mol. The van der Waals surface area contributed by atoms with E-state index in [1.165, 1.54) is 0 Å². The topological polar surface area (TPSA) is 38.6 Å². The van der Waals surface area contributed by atoms with E-state index in [1.807, 2.05) is 42.8 Å². The number of imidazole rings is 1. The van der Waals surface area contributed by atoms with E-state index in [2.05, 4.69) is 10.3 Å². The second kappa shape index (κ2) is 5.26. The van der Waals surface area contributed by atoms with Gasteiger partial charge in [0.25, 0.3) is 0 Å². The zero-order chi connectivity index (χ0) is 13.2. The molecule has 0 amide bonds. The summed E-state index contributed by atoms with van der Waals surface area (Å²) < 4.78 is 7.28. The van der Waals surface area contributed by atoms with E-state index in [1.54, 1.807) is 7.11 Å². The Labute approximate surface area is 112 Å². The SMILES string of the molecule is COC(C)(C)CNCc1cn2cc(Cl)ccc2n1. The van der Waals surface area contributed by atoms with Crippen LogP contribution >= 0.6 is 11.6 Å². The Morgan fingerprint density at radius 1 is 1.39 bits per heavy atom. The van der Waals surface area contributed by atoms with Gasteiger partial charge in [0.2, 0.25) is 0 Å². The van der Waals surface area contributed by atoms with Crippen LogP contribution in [0.1, 0.15) is 19.5 Å². The Morgan fingerprint density at radius 3 is 2.89 bits per heavy atom. The van der Waals surface area contributed by atoms with Crippen molar-refractivity contribution in [3.05, 3.63) is 35.2 Å². The third-order valence-corrected chi connectivity index (χ3v) is 3.10. The zero-order valence-electron chi connectivity index (χ0n) is 10.9. The Hall–Kier alpha value is -1.10. The third kappa shape index (κ3) is 3.22. The van der Waals surface area contributed by atoms with Gasteiger partial charge >= 0.3 is 0 Å². The number of nitrogens with zero attached hydrogens (tertiary/aromatic N) is 2. The van der Waals surface area contributed by atoms with Crippen LogP contribution in [0.25, 0.3) is 5.65 Å². The minimum atomic E-state index is -0.164. The summed E-state index contributed by atoms with van der Waals surface area (Å²) in [5.74, 6) is 0. The molecule has 2 aromatic rings. The molecule has 98 valence electrons. The number of hydrogen-bond acceptors (Lipinski definition) is 3. The molecule has 0 aliphatic carbocycles. The summed E-state index contributed by atoms with van der Waals surface area (Å²) in [6.07, 6.45) is 3.83. The number of halogens is 1. The number of nitrogens with one attached hydrogen (secondary N) is 1. The molecule has 0 atom stereocenters. The minimum absolute atomic E-state index is 0.164. The van der Waals surface area contributed by atoms with E-state index < -0.39 is 0 Å². The molecule has 0 saturated carbocycles. The van der Waals surface area contributed by atoms with Gasteiger partial charge in [0.1, 0.15) is 5.65 Å². The fourth-order valence-electron chi connectivity index (χ4n) is 1.67. The van der Waals surface area contributed by atoms with Crippen LogP contribution in [-0.2, 0) is 11.3 Å². The number of aromatic nitrogens is 2. The van der Waals surface area contributed by atoms with Crippen LogP contribution in [0.2, 0.25) is 5.02 Å². The Balaban J connectivity index is 2.00. The molecule has 0 aliphatic heterocycles. The van der Waals surface area contributed by atoms with Gasteiger partial charge in [0.05, 0.1) is 16.3 Å². The maximum absolute atomic E-state index is 5.93. The Kier molecular flexibility index (Phi) is 3.90. The second-order valence-electron chi connectivity index (χ2n) is 4.91. The highest BCUT2D eigenvalue weighted by Gasteiger charge is 2.15. The lowest BCUT2D eigenvalue weighted by Crippen LogP contribution is -2.36. The molecule has 0 bridgehead atoms. The molecule has 0 aliphatic rings. The van der Waals surface area contributed by atoms with Gasteiger partial charge in [0.15, 0.2) is 0 Å². The van der Waals surface area contributed by atoms with Crippen LogP contribution in [0.5, 0.6) is 0 Å². The highest BCUT2D eigenvalue weighted by molar-refractivity contribution is 6.30. The van der Waals surface area contributed by atoms with Crippen molar-refractivity contribution in [2.45, 2.75) is 26.0 Å². The second-order valence-corrected chi connectivity index (χ2v) is 5.35. The van der Waals surface area contributed by atoms with E-state index >= 15 is 0 Å². The van der Waals surface area contributed by atoms with Crippen LogP contribution in [0.15, 0.2) is 24.5 Å². The van der Waals surface area contributed by atoms with Crippen molar-refractivity contribution in [1.29, 1.82) is 0 Å². The first-order valence-electron chi connectivity index (χ1n) is 5.89. The van der Waals surface area contributed by atoms with Crippen molar-refractivity contribution < 1.29 is 4.74 Å². The summed E-state index contributed by atoms with van der Waals surface area (Å²) >= 11 is 5.93. The minimum Gasteiger partial charge on any atom is -0.377 e. The Morgan fingerprint density at radius 2 is 2.17 bits per heavy atom. The Bertz CT molecular complexity index is 536. The van der Waals surface area contributed by atoms with Gasteiger partial charge in [0, 0.05) is 32.6 Å². The van der Waals surface area contributed by atoms with Crippen molar-refractivity contribution >= 4 is 17.2 Å². The van der Waals surface area contributed by atoms with Gasteiger partial charge in [-0.25, -0.2) is 4.98 Å². The zero-order valence-corrected chi connectivity index (χ0v) is 11.7. The molecule has 2 heterocycles. The van der Waals surface area contributed by atoms with Gasteiger partial charge in [-0.3, -0.25) is 0 Å². The lowest BCUT2D eigenvalue weighted by atomic mass is 10.1. The van der Waals surface area contributed by atoms with Crippen molar-refractivity contribution in [2.75, 3.05) is 13.7 Å². The molecule has 1 N–H and O–H groups in total. The van der Waals surface area contributed by atoms with Gasteiger partial charge in [-0.05, 0) is 26.0 Å². The smallest absolute Gasteiger partial charge is 0.137 e. The molecule has 18 heavy (non-hydrogen) atoms. The van der Waals surface area contributed by atoms with Crippen molar-refractivity contribution in [3.63, 3.8) is 0 Å². The molecule has 0 radical (unpaired) electrons. The van der Waals surface area contributed by atoms with Crippen LogP contribution in [0.3, 0.4) is 0 Å². The molecule has 0 aromatic carbocycles. The summed E-state index contributed by atoms with van der Waals surface area (Å²) in [7, 11) is 1.72. The van der Waals surface area contributed by atoms with Crippen molar-refractivity contribution in [2.24, 2.45) is 0 Å². The molecule has 4 nitrogen and oxygen atoms in total. The highest BCUT2D eigenvalue weighted by atomic mass is 35.5. The van der Waals surface area contributed by atoms with Gasteiger partial charge in [-0.1, -0.05) is 11.6 Å².